The molecule has 1 heterocycles. The van der Waals surface area contributed by atoms with Gasteiger partial charge >= 0.3 is 0 Å². The van der Waals surface area contributed by atoms with Crippen LogP contribution in [0, 0.1) is 11.3 Å². The van der Waals surface area contributed by atoms with Crippen LogP contribution >= 0.6 is 22.9 Å². The fourth-order valence-corrected chi connectivity index (χ4v) is 3.44. The molecule has 0 radical (unpaired) electrons. The minimum Gasteiger partial charge on any atom is -0.396 e. The number of halogens is 1. The van der Waals surface area contributed by atoms with Crippen molar-refractivity contribution < 1.29 is 5.11 Å². The summed E-state index contributed by atoms with van der Waals surface area (Å²) in [6.07, 6.45) is 0.531. The molecular formula is C15H14ClNOS. The zero-order valence-corrected chi connectivity index (χ0v) is 11.9. The number of aliphatic hydroxyl groups is 1. The summed E-state index contributed by atoms with van der Waals surface area (Å²) in [4.78, 5) is 0. The Balaban J connectivity index is 2.38. The molecule has 1 aromatic heterocycles. The van der Waals surface area contributed by atoms with Crippen molar-refractivity contribution in [3.8, 4) is 6.07 Å². The second-order valence-corrected chi connectivity index (χ2v) is 5.46. The van der Waals surface area contributed by atoms with Crippen LogP contribution in [-0.4, -0.2) is 11.7 Å². The summed E-state index contributed by atoms with van der Waals surface area (Å²) >= 11 is 7.70. The topological polar surface area (TPSA) is 44.0 Å². The first-order valence-electron chi connectivity index (χ1n) is 6.05. The van der Waals surface area contributed by atoms with Crippen molar-refractivity contribution in [3.05, 3.63) is 57.2 Å². The molecule has 0 aliphatic rings. The summed E-state index contributed by atoms with van der Waals surface area (Å²) in [5.74, 6) is -0.364. The smallest absolute Gasteiger partial charge is 0.0782 e. The molecule has 98 valence electrons. The zero-order chi connectivity index (χ0) is 13.7. The minimum atomic E-state index is -0.291. The van der Waals surface area contributed by atoms with E-state index in [1.807, 2.05) is 41.1 Å². The molecule has 0 spiro atoms. The molecule has 2 rings (SSSR count). The Morgan fingerprint density at radius 2 is 2.00 bits per heavy atom. The largest absolute Gasteiger partial charge is 0.396 e. The van der Waals surface area contributed by atoms with E-state index in [9.17, 15) is 10.4 Å². The van der Waals surface area contributed by atoms with Crippen LogP contribution in [0.25, 0.3) is 0 Å². The van der Waals surface area contributed by atoms with Gasteiger partial charge in [0.2, 0.25) is 0 Å². The summed E-state index contributed by atoms with van der Waals surface area (Å²) in [5.41, 5.74) is 1.92. The van der Waals surface area contributed by atoms with Crippen LogP contribution in [0.2, 0.25) is 5.02 Å². The number of aliphatic hydroxyl groups excluding tert-OH is 1. The number of rotatable bonds is 5. The van der Waals surface area contributed by atoms with Crippen LogP contribution in [0.5, 0.6) is 0 Å². The highest BCUT2D eigenvalue weighted by Crippen LogP contribution is 2.39. The van der Waals surface area contributed by atoms with E-state index < -0.39 is 0 Å². The van der Waals surface area contributed by atoms with E-state index in [2.05, 4.69) is 6.07 Å². The van der Waals surface area contributed by atoms with E-state index in [0.29, 0.717) is 11.4 Å². The van der Waals surface area contributed by atoms with E-state index in [4.69, 9.17) is 11.6 Å². The Morgan fingerprint density at radius 1 is 1.26 bits per heavy atom. The van der Waals surface area contributed by atoms with E-state index >= 15 is 0 Å². The molecule has 0 saturated carbocycles. The highest BCUT2D eigenvalue weighted by molar-refractivity contribution is 7.08. The van der Waals surface area contributed by atoms with Gasteiger partial charge in [0.05, 0.1) is 17.0 Å². The van der Waals surface area contributed by atoms with Gasteiger partial charge in [-0.2, -0.15) is 16.6 Å². The van der Waals surface area contributed by atoms with E-state index in [0.717, 1.165) is 11.1 Å². The van der Waals surface area contributed by atoms with Crippen LogP contribution in [0.4, 0.5) is 0 Å². The number of thiophene rings is 1. The average Bonchev–Trinajstić information content (AvgIpc) is 2.86. The van der Waals surface area contributed by atoms with Crippen molar-refractivity contribution in [2.24, 2.45) is 0 Å². The second kappa shape index (κ2) is 6.72. The number of nitriles is 1. The molecule has 1 aromatic carbocycles. The van der Waals surface area contributed by atoms with Crippen LogP contribution in [0.1, 0.15) is 29.4 Å². The van der Waals surface area contributed by atoms with Gasteiger partial charge in [-0.05, 0) is 22.9 Å². The van der Waals surface area contributed by atoms with Crippen LogP contribution < -0.4 is 0 Å². The Kier molecular flexibility index (Phi) is 4.98. The van der Waals surface area contributed by atoms with E-state index in [-0.39, 0.29) is 18.4 Å². The first kappa shape index (κ1) is 14.1. The van der Waals surface area contributed by atoms with E-state index in [1.54, 1.807) is 0 Å². The SMILES string of the molecule is N#C[C@H](c1ccccc1)[C@H](CCO)c1cscc1Cl. The van der Waals surface area contributed by atoms with Crippen molar-refractivity contribution in [1.82, 2.24) is 0 Å². The fourth-order valence-electron chi connectivity index (χ4n) is 2.25. The molecule has 1 N–H and O–H groups in total. The molecule has 0 unspecified atom stereocenters. The van der Waals surface area contributed by atoms with Crippen molar-refractivity contribution in [1.29, 1.82) is 5.26 Å². The lowest BCUT2D eigenvalue weighted by atomic mass is 9.81. The third kappa shape index (κ3) is 3.16. The molecule has 0 fully saturated rings. The van der Waals surface area contributed by atoms with Crippen LogP contribution in [0.3, 0.4) is 0 Å². The minimum absolute atomic E-state index is 0.0435. The lowest BCUT2D eigenvalue weighted by molar-refractivity contribution is 0.272. The molecule has 0 saturated heterocycles. The van der Waals surface area contributed by atoms with Gasteiger partial charge in [-0.25, -0.2) is 0 Å². The maximum atomic E-state index is 9.49. The van der Waals surface area contributed by atoms with Gasteiger partial charge in [0.25, 0.3) is 0 Å². The third-order valence-electron chi connectivity index (χ3n) is 3.18. The number of nitrogens with zero attached hydrogens (tertiary/aromatic N) is 1. The van der Waals surface area contributed by atoms with Gasteiger partial charge < -0.3 is 5.11 Å². The average molecular weight is 292 g/mol. The van der Waals surface area contributed by atoms with Crippen molar-refractivity contribution in [2.75, 3.05) is 6.61 Å². The van der Waals surface area contributed by atoms with Gasteiger partial charge in [0.1, 0.15) is 0 Å². The fraction of sp³-hybridized carbons (Fsp3) is 0.267. The normalized spacial score (nSPS) is 13.7. The molecule has 4 heteroatoms. The molecule has 0 aliphatic carbocycles. The lowest BCUT2D eigenvalue weighted by Gasteiger charge is -2.21. The molecule has 19 heavy (non-hydrogen) atoms. The van der Waals surface area contributed by atoms with Crippen LogP contribution in [0.15, 0.2) is 41.1 Å². The summed E-state index contributed by atoms with van der Waals surface area (Å²) in [7, 11) is 0. The van der Waals surface area contributed by atoms with Crippen molar-refractivity contribution in [3.63, 3.8) is 0 Å². The predicted molar refractivity (Wildman–Crippen MR) is 78.6 cm³/mol. The molecule has 0 bridgehead atoms. The van der Waals surface area contributed by atoms with Gasteiger partial charge in [0, 0.05) is 17.9 Å². The third-order valence-corrected chi connectivity index (χ3v) is 4.40. The summed E-state index contributed by atoms with van der Waals surface area (Å²) in [6, 6.07) is 12.0. The number of hydrogen-bond acceptors (Lipinski definition) is 3. The van der Waals surface area contributed by atoms with Crippen molar-refractivity contribution >= 4 is 22.9 Å². The van der Waals surface area contributed by atoms with Crippen LogP contribution in [-0.2, 0) is 0 Å². The molecule has 0 amide bonds. The Bertz CT molecular complexity index is 561. The van der Waals surface area contributed by atoms with Gasteiger partial charge in [-0.15, -0.1) is 0 Å². The number of benzene rings is 1. The standard InChI is InChI=1S/C15H14ClNOS/c16-15-10-19-9-14(15)12(6-7-18)13(8-17)11-4-2-1-3-5-11/h1-5,9-10,12-13,18H,6-7H2/t12-,13+/m0/s1. The quantitative estimate of drug-likeness (QED) is 0.898. The first-order valence-corrected chi connectivity index (χ1v) is 7.37. The summed E-state index contributed by atoms with van der Waals surface area (Å²) < 4.78 is 0. The Hall–Kier alpha value is -1.34. The van der Waals surface area contributed by atoms with E-state index in [1.165, 1.54) is 11.3 Å². The highest BCUT2D eigenvalue weighted by Gasteiger charge is 2.26. The highest BCUT2D eigenvalue weighted by atomic mass is 35.5. The Morgan fingerprint density at radius 3 is 2.53 bits per heavy atom. The zero-order valence-electron chi connectivity index (χ0n) is 10.3. The first-order chi connectivity index (χ1) is 9.27. The van der Waals surface area contributed by atoms with Gasteiger partial charge in [0.15, 0.2) is 0 Å². The maximum absolute atomic E-state index is 9.49. The number of hydrogen-bond donors (Lipinski definition) is 1. The Labute approximate surface area is 121 Å². The summed E-state index contributed by atoms with van der Waals surface area (Å²) in [6.45, 7) is 0.0435. The maximum Gasteiger partial charge on any atom is 0.0782 e. The summed E-state index contributed by atoms with van der Waals surface area (Å²) in [5, 5.41) is 23.3. The molecular weight excluding hydrogens is 278 g/mol. The molecule has 2 atom stereocenters. The lowest BCUT2D eigenvalue weighted by Crippen LogP contribution is -2.11. The molecule has 0 aliphatic heterocycles. The molecule has 2 aromatic rings. The van der Waals surface area contributed by atoms with Gasteiger partial charge in [-0.3, -0.25) is 0 Å². The molecule has 2 nitrogen and oxygen atoms in total. The monoisotopic (exact) mass is 291 g/mol. The van der Waals surface area contributed by atoms with Crippen molar-refractivity contribution in [2.45, 2.75) is 18.3 Å². The predicted octanol–water partition coefficient (Wildman–Crippen LogP) is 4.17. The second-order valence-electron chi connectivity index (χ2n) is 4.31. The van der Waals surface area contributed by atoms with Gasteiger partial charge in [-0.1, -0.05) is 41.9 Å².